The zero-order chi connectivity index (χ0) is 11.8. The van der Waals surface area contributed by atoms with Crippen molar-refractivity contribution in [3.05, 3.63) is 35.9 Å². The number of alkyl halides is 1. The van der Waals surface area contributed by atoms with E-state index in [1.807, 2.05) is 37.3 Å². The lowest BCUT2D eigenvalue weighted by atomic mass is 10.0. The average Bonchev–Trinajstić information content (AvgIpc) is 2.15. The minimum atomic E-state index is -0.802. The Morgan fingerprint density at radius 3 is 2.38 bits per heavy atom. The highest BCUT2D eigenvalue weighted by Crippen LogP contribution is 2.29. The van der Waals surface area contributed by atoms with Gasteiger partial charge in [-0.05, 0) is 31.0 Å². The van der Waals surface area contributed by atoms with Gasteiger partial charge in [0.2, 0.25) is 0 Å². The summed E-state index contributed by atoms with van der Waals surface area (Å²) < 4.78 is 0. The summed E-state index contributed by atoms with van der Waals surface area (Å²) in [4.78, 5) is 4.36. The van der Waals surface area contributed by atoms with Gasteiger partial charge in [-0.2, -0.15) is 0 Å². The van der Waals surface area contributed by atoms with Crippen LogP contribution in [0.1, 0.15) is 19.4 Å². The minimum Gasteiger partial charge on any atom is -0.330 e. The summed E-state index contributed by atoms with van der Waals surface area (Å²) >= 11 is 12.2. The summed E-state index contributed by atoms with van der Waals surface area (Å²) in [7, 11) is 0. The van der Waals surface area contributed by atoms with Crippen molar-refractivity contribution in [1.82, 2.24) is 10.6 Å². The predicted molar refractivity (Wildman–Crippen MR) is 67.6 cm³/mol. The molecule has 0 fully saturated rings. The van der Waals surface area contributed by atoms with Crippen LogP contribution < -0.4 is 10.6 Å². The maximum Gasteiger partial charge on any atom is 0.195 e. The number of benzene rings is 1. The van der Waals surface area contributed by atoms with Crippen molar-refractivity contribution in [1.29, 1.82) is 0 Å². The summed E-state index contributed by atoms with van der Waals surface area (Å²) in [6, 6.07) is 9.84. The topological polar surface area (TPSA) is 36.4 Å². The Morgan fingerprint density at radius 1 is 1.19 bits per heavy atom. The van der Waals surface area contributed by atoms with Gasteiger partial charge in [0.15, 0.2) is 10.4 Å². The SMILES string of the molecule is CC1(Cl)NC(Cl)=NC(C)(c2ccccc2)N1. The Kier molecular flexibility index (Phi) is 2.86. The molecule has 0 radical (unpaired) electrons. The van der Waals surface area contributed by atoms with Gasteiger partial charge in [0.05, 0.1) is 0 Å². The second-order valence-electron chi connectivity index (χ2n) is 4.09. The number of nitrogens with one attached hydrogen (secondary N) is 2. The van der Waals surface area contributed by atoms with Crippen LogP contribution in [-0.4, -0.2) is 10.4 Å². The second kappa shape index (κ2) is 3.91. The van der Waals surface area contributed by atoms with Gasteiger partial charge in [0, 0.05) is 0 Å². The molecule has 0 spiro atoms. The van der Waals surface area contributed by atoms with Crippen LogP contribution in [-0.2, 0) is 5.66 Å². The smallest absolute Gasteiger partial charge is 0.195 e. The second-order valence-corrected chi connectivity index (χ2v) is 5.21. The molecule has 2 rings (SSSR count). The van der Waals surface area contributed by atoms with Crippen LogP contribution in [0.4, 0.5) is 0 Å². The maximum absolute atomic E-state index is 6.21. The highest BCUT2D eigenvalue weighted by atomic mass is 35.5. The number of hydrogen-bond acceptors (Lipinski definition) is 3. The molecule has 2 unspecified atom stereocenters. The molecule has 5 heteroatoms. The van der Waals surface area contributed by atoms with Crippen molar-refractivity contribution in [2.45, 2.75) is 24.6 Å². The van der Waals surface area contributed by atoms with Gasteiger partial charge in [0.1, 0.15) is 5.66 Å². The molecule has 1 aromatic carbocycles. The van der Waals surface area contributed by atoms with Crippen LogP contribution in [0.5, 0.6) is 0 Å². The van der Waals surface area contributed by atoms with Crippen molar-refractivity contribution in [3.63, 3.8) is 0 Å². The van der Waals surface area contributed by atoms with Gasteiger partial charge >= 0.3 is 0 Å². The van der Waals surface area contributed by atoms with E-state index in [1.165, 1.54) is 0 Å². The fraction of sp³-hybridized carbons (Fsp3) is 0.364. The summed E-state index contributed by atoms with van der Waals surface area (Å²) in [5, 5.41) is 5.55. The molecule has 2 N–H and O–H groups in total. The van der Waals surface area contributed by atoms with Gasteiger partial charge in [-0.25, -0.2) is 4.99 Å². The molecule has 0 aliphatic carbocycles. The third-order valence-electron chi connectivity index (χ3n) is 2.47. The quantitative estimate of drug-likeness (QED) is 0.600. The van der Waals surface area contributed by atoms with E-state index in [0.717, 1.165) is 5.56 Å². The van der Waals surface area contributed by atoms with Gasteiger partial charge in [-0.15, -0.1) is 0 Å². The lowest BCUT2D eigenvalue weighted by Gasteiger charge is -2.40. The highest BCUT2D eigenvalue weighted by molar-refractivity contribution is 6.65. The average molecular weight is 258 g/mol. The molecule has 86 valence electrons. The Bertz CT molecular complexity index is 416. The molecule has 1 aliphatic rings. The largest absolute Gasteiger partial charge is 0.330 e. The van der Waals surface area contributed by atoms with E-state index in [0.29, 0.717) is 5.29 Å². The number of aliphatic imine (C=N–C) groups is 1. The first-order valence-corrected chi connectivity index (χ1v) is 5.74. The Balaban J connectivity index is 2.42. The molecule has 3 nitrogen and oxygen atoms in total. The Labute approximate surface area is 105 Å². The number of hydrogen-bond donors (Lipinski definition) is 2. The summed E-state index contributed by atoms with van der Waals surface area (Å²) in [5.74, 6) is 0. The lowest BCUT2D eigenvalue weighted by molar-refractivity contribution is 0.277. The number of halogens is 2. The molecule has 1 aliphatic heterocycles. The first kappa shape index (κ1) is 11.7. The van der Waals surface area contributed by atoms with Crippen molar-refractivity contribution in [2.24, 2.45) is 4.99 Å². The summed E-state index contributed by atoms with van der Waals surface area (Å²) in [6.45, 7) is 3.74. The van der Waals surface area contributed by atoms with Crippen molar-refractivity contribution in [2.75, 3.05) is 0 Å². The van der Waals surface area contributed by atoms with Crippen LogP contribution in [0.25, 0.3) is 0 Å². The fourth-order valence-electron chi connectivity index (χ4n) is 1.83. The van der Waals surface area contributed by atoms with E-state index in [2.05, 4.69) is 15.6 Å². The third-order valence-corrected chi connectivity index (χ3v) is 2.84. The highest BCUT2D eigenvalue weighted by Gasteiger charge is 2.38. The Hall–Kier alpha value is -0.770. The van der Waals surface area contributed by atoms with Crippen LogP contribution in [0.3, 0.4) is 0 Å². The first-order chi connectivity index (χ1) is 7.41. The molecule has 16 heavy (non-hydrogen) atoms. The van der Waals surface area contributed by atoms with Gasteiger partial charge in [0.25, 0.3) is 0 Å². The summed E-state index contributed by atoms with van der Waals surface area (Å²) in [5.41, 5.74) is 0.404. The molecule has 0 amide bonds. The van der Waals surface area contributed by atoms with E-state index >= 15 is 0 Å². The Morgan fingerprint density at radius 2 is 1.81 bits per heavy atom. The fourth-order valence-corrected chi connectivity index (χ4v) is 2.51. The van der Waals surface area contributed by atoms with E-state index in [9.17, 15) is 0 Å². The molecule has 2 atom stereocenters. The number of rotatable bonds is 1. The van der Waals surface area contributed by atoms with Crippen molar-refractivity contribution >= 4 is 28.5 Å². The van der Waals surface area contributed by atoms with Crippen LogP contribution >= 0.6 is 23.2 Å². The monoisotopic (exact) mass is 257 g/mol. The molecule has 1 aromatic rings. The normalized spacial score (nSPS) is 34.1. The molecule has 0 saturated carbocycles. The zero-order valence-electron chi connectivity index (χ0n) is 9.09. The third kappa shape index (κ3) is 2.32. The maximum atomic E-state index is 6.21. The first-order valence-electron chi connectivity index (χ1n) is 4.99. The van der Waals surface area contributed by atoms with Gasteiger partial charge in [-0.3, -0.25) is 5.32 Å². The lowest BCUT2D eigenvalue weighted by Crippen LogP contribution is -2.62. The molecule has 0 bridgehead atoms. The van der Waals surface area contributed by atoms with Gasteiger partial charge in [-0.1, -0.05) is 41.9 Å². The molecule has 1 heterocycles. The van der Waals surface area contributed by atoms with E-state index in [1.54, 1.807) is 6.92 Å². The minimum absolute atomic E-state index is 0.308. The number of amidine groups is 1. The number of nitrogens with zero attached hydrogens (tertiary/aromatic N) is 1. The van der Waals surface area contributed by atoms with E-state index in [-0.39, 0.29) is 0 Å². The predicted octanol–water partition coefficient (Wildman–Crippen LogP) is 2.56. The standard InChI is InChI=1S/C11H13Cl2N3/c1-10(8-6-4-3-5-7-8)14-9(12)15-11(2,13)16-10/h3-7,16H,1-2H3,(H,14,15). The van der Waals surface area contributed by atoms with Crippen molar-refractivity contribution < 1.29 is 0 Å². The molecule has 0 aromatic heterocycles. The van der Waals surface area contributed by atoms with Crippen molar-refractivity contribution in [3.8, 4) is 0 Å². The van der Waals surface area contributed by atoms with Crippen LogP contribution in [0.15, 0.2) is 35.3 Å². The molecule has 0 saturated heterocycles. The summed E-state index contributed by atoms with van der Waals surface area (Å²) in [6.07, 6.45) is 0. The van der Waals surface area contributed by atoms with Crippen LogP contribution in [0, 0.1) is 0 Å². The molecular formula is C11H13Cl2N3. The zero-order valence-corrected chi connectivity index (χ0v) is 10.6. The van der Waals surface area contributed by atoms with E-state index in [4.69, 9.17) is 23.2 Å². The van der Waals surface area contributed by atoms with Gasteiger partial charge < -0.3 is 5.32 Å². The van der Waals surface area contributed by atoms with E-state index < -0.39 is 10.8 Å². The molecular weight excluding hydrogens is 245 g/mol. The van der Waals surface area contributed by atoms with Crippen LogP contribution in [0.2, 0.25) is 0 Å².